The minimum Gasteiger partial charge on any atom is -0.451 e. The minimum atomic E-state index is -0.940. The van der Waals surface area contributed by atoms with Crippen LogP contribution < -0.4 is 16.0 Å². The summed E-state index contributed by atoms with van der Waals surface area (Å²) in [5, 5.41) is 13.8. The van der Waals surface area contributed by atoms with E-state index in [1.807, 2.05) is 6.07 Å². The van der Waals surface area contributed by atoms with Crippen molar-refractivity contribution in [2.75, 3.05) is 7.11 Å². The van der Waals surface area contributed by atoms with Crippen LogP contribution in [0.5, 0.6) is 11.5 Å². The first-order valence-electron chi connectivity index (χ1n) is 9.36. The second kappa shape index (κ2) is 8.41. The van der Waals surface area contributed by atoms with Gasteiger partial charge in [-0.05, 0) is 50.6 Å². The van der Waals surface area contributed by atoms with E-state index >= 15 is 0 Å². The summed E-state index contributed by atoms with van der Waals surface area (Å²) in [6, 6.07) is 8.25. The van der Waals surface area contributed by atoms with Crippen molar-refractivity contribution in [3.05, 3.63) is 73.3 Å². The zero-order chi connectivity index (χ0) is 22.9. The highest BCUT2D eigenvalue weighted by atomic mass is 35.5. The van der Waals surface area contributed by atoms with E-state index in [1.54, 1.807) is 40.1 Å². The van der Waals surface area contributed by atoms with E-state index in [0.29, 0.717) is 22.0 Å². The van der Waals surface area contributed by atoms with Gasteiger partial charge in [-0.25, -0.2) is 4.79 Å². The van der Waals surface area contributed by atoms with E-state index in [9.17, 15) is 9.59 Å². The lowest BCUT2D eigenvalue weighted by Gasteiger charge is -2.21. The van der Waals surface area contributed by atoms with Gasteiger partial charge in [0.2, 0.25) is 0 Å². The Kier molecular flexibility index (Phi) is 6.06. The molecule has 31 heavy (non-hydrogen) atoms. The molecule has 0 amide bonds. The van der Waals surface area contributed by atoms with Gasteiger partial charge in [-0.15, -0.1) is 0 Å². The molecule has 162 valence electrons. The monoisotopic (exact) mass is 443 g/mol. The third-order valence-electron chi connectivity index (χ3n) is 4.93. The Morgan fingerprint density at radius 3 is 2.61 bits per heavy atom. The van der Waals surface area contributed by atoms with Gasteiger partial charge >= 0.3 is 5.69 Å². The summed E-state index contributed by atoms with van der Waals surface area (Å²) in [6.07, 6.45) is 1.61. The fraction of sp³-hybridized carbons (Fsp3) is 0.333. The lowest BCUT2D eigenvalue weighted by molar-refractivity contribution is -0.0582. The smallest absolute Gasteiger partial charge is 0.348 e. The van der Waals surface area contributed by atoms with E-state index in [4.69, 9.17) is 26.3 Å². The van der Waals surface area contributed by atoms with Crippen molar-refractivity contribution in [2.24, 2.45) is 7.05 Å². The molecule has 0 aliphatic rings. The molecule has 0 N–H and O–H groups in total. The highest BCUT2D eigenvalue weighted by Gasteiger charge is 2.26. The molecule has 0 fully saturated rings. The van der Waals surface area contributed by atoms with Gasteiger partial charge in [-0.1, -0.05) is 11.6 Å². The zero-order valence-electron chi connectivity index (χ0n) is 17.8. The Hall–Kier alpha value is -3.35. The summed E-state index contributed by atoms with van der Waals surface area (Å²) in [5.74, 6) is 0.748. The number of nitrogens with zero attached hydrogens (tertiary/aromatic N) is 5. The van der Waals surface area contributed by atoms with Crippen LogP contribution in [-0.4, -0.2) is 26.0 Å². The Labute approximate surface area is 183 Å². The van der Waals surface area contributed by atoms with Crippen LogP contribution in [0.4, 0.5) is 0 Å². The van der Waals surface area contributed by atoms with Crippen molar-refractivity contribution < 1.29 is 9.47 Å². The quantitative estimate of drug-likeness (QED) is 0.580. The van der Waals surface area contributed by atoms with Crippen LogP contribution in [0.2, 0.25) is 5.02 Å². The number of ether oxygens (including phenoxy) is 2. The average molecular weight is 444 g/mol. The van der Waals surface area contributed by atoms with Gasteiger partial charge in [0.25, 0.3) is 5.56 Å². The predicted octanol–water partition coefficient (Wildman–Crippen LogP) is 2.76. The van der Waals surface area contributed by atoms with Crippen LogP contribution in [0.3, 0.4) is 0 Å². The molecule has 0 spiro atoms. The molecule has 0 aliphatic carbocycles. The molecule has 0 radical (unpaired) electrons. The lowest BCUT2D eigenvalue weighted by atomic mass is 10.2. The first-order valence-corrected chi connectivity index (χ1v) is 9.74. The lowest BCUT2D eigenvalue weighted by Crippen LogP contribution is -2.38. The minimum absolute atomic E-state index is 0.0486. The summed E-state index contributed by atoms with van der Waals surface area (Å²) < 4.78 is 15.1. The SMILES string of the molecule is COC(C)(C)n1nc(Cn2ccc(C)c(Oc3cc(Cl)cc(C#N)c3)c2=O)n(C)c1=O. The van der Waals surface area contributed by atoms with Gasteiger partial charge in [0, 0.05) is 25.4 Å². The second-order valence-electron chi connectivity index (χ2n) is 7.47. The number of nitriles is 1. The van der Waals surface area contributed by atoms with Gasteiger partial charge < -0.3 is 14.0 Å². The predicted molar refractivity (Wildman–Crippen MR) is 115 cm³/mol. The molecule has 2 aromatic heterocycles. The van der Waals surface area contributed by atoms with E-state index in [2.05, 4.69) is 5.10 Å². The number of aryl methyl sites for hydroxylation is 1. The number of benzene rings is 1. The summed E-state index contributed by atoms with van der Waals surface area (Å²) >= 11 is 6.03. The van der Waals surface area contributed by atoms with Crippen molar-refractivity contribution in [1.29, 1.82) is 5.26 Å². The molecule has 3 rings (SSSR count). The Morgan fingerprint density at radius 1 is 1.26 bits per heavy atom. The number of hydrogen-bond acceptors (Lipinski definition) is 6. The number of pyridine rings is 1. The molecule has 2 heterocycles. The molecule has 0 unspecified atom stereocenters. The number of methoxy groups -OCH3 is 1. The fourth-order valence-corrected chi connectivity index (χ4v) is 3.13. The van der Waals surface area contributed by atoms with Crippen LogP contribution in [0.25, 0.3) is 0 Å². The maximum atomic E-state index is 13.1. The molecular weight excluding hydrogens is 422 g/mol. The van der Waals surface area contributed by atoms with Crippen molar-refractivity contribution in [3.8, 4) is 17.6 Å². The van der Waals surface area contributed by atoms with E-state index in [1.165, 1.54) is 39.1 Å². The molecule has 0 bridgehead atoms. The summed E-state index contributed by atoms with van der Waals surface area (Å²) in [4.78, 5) is 25.6. The largest absolute Gasteiger partial charge is 0.451 e. The van der Waals surface area contributed by atoms with Crippen LogP contribution in [0.15, 0.2) is 40.1 Å². The van der Waals surface area contributed by atoms with E-state index < -0.39 is 11.3 Å². The second-order valence-corrected chi connectivity index (χ2v) is 7.91. The van der Waals surface area contributed by atoms with E-state index in [0.717, 1.165) is 0 Å². The first-order chi connectivity index (χ1) is 14.6. The maximum absolute atomic E-state index is 13.1. The van der Waals surface area contributed by atoms with Gasteiger partial charge in [-0.3, -0.25) is 9.36 Å². The summed E-state index contributed by atoms with van der Waals surface area (Å²) in [7, 11) is 3.07. The molecule has 10 heteroatoms. The number of hydrogen-bond donors (Lipinski definition) is 0. The Balaban J connectivity index is 2.00. The zero-order valence-corrected chi connectivity index (χ0v) is 18.6. The Morgan fingerprint density at radius 2 is 1.97 bits per heavy atom. The highest BCUT2D eigenvalue weighted by Crippen LogP contribution is 2.26. The molecule has 0 saturated heterocycles. The van der Waals surface area contributed by atoms with Crippen LogP contribution >= 0.6 is 11.6 Å². The average Bonchev–Trinajstić information content (AvgIpc) is 3.01. The van der Waals surface area contributed by atoms with Crippen molar-refractivity contribution in [3.63, 3.8) is 0 Å². The van der Waals surface area contributed by atoms with Crippen LogP contribution in [0, 0.1) is 18.3 Å². The summed E-state index contributed by atoms with van der Waals surface area (Å²) in [6.45, 7) is 5.22. The van der Waals surface area contributed by atoms with E-state index in [-0.39, 0.29) is 23.7 Å². The normalized spacial score (nSPS) is 11.4. The van der Waals surface area contributed by atoms with Gasteiger partial charge in [-0.2, -0.15) is 15.0 Å². The molecule has 0 saturated carbocycles. The van der Waals surface area contributed by atoms with Crippen molar-refractivity contribution >= 4 is 11.6 Å². The molecular formula is C21H22ClN5O4. The highest BCUT2D eigenvalue weighted by molar-refractivity contribution is 6.30. The standard InChI is InChI=1S/C21H22ClN5O4/c1-13-6-7-26(12-17-24-27(20(29)25(17)4)21(2,3)30-5)19(28)18(13)31-16-9-14(11-23)8-15(22)10-16/h6-10H,12H2,1-5H3. The van der Waals surface area contributed by atoms with Crippen molar-refractivity contribution in [2.45, 2.75) is 33.0 Å². The number of rotatable bonds is 6. The van der Waals surface area contributed by atoms with Gasteiger partial charge in [0.15, 0.2) is 17.3 Å². The van der Waals surface area contributed by atoms with Crippen LogP contribution in [-0.2, 0) is 24.1 Å². The molecule has 9 nitrogen and oxygen atoms in total. The molecule has 1 aromatic carbocycles. The third-order valence-corrected chi connectivity index (χ3v) is 5.15. The molecule has 0 atom stereocenters. The Bertz CT molecular complexity index is 1300. The van der Waals surface area contributed by atoms with Crippen molar-refractivity contribution in [1.82, 2.24) is 18.9 Å². The fourth-order valence-electron chi connectivity index (χ4n) is 2.90. The number of aromatic nitrogens is 4. The maximum Gasteiger partial charge on any atom is 0.348 e. The number of halogens is 1. The van der Waals surface area contributed by atoms with Gasteiger partial charge in [0.05, 0.1) is 18.2 Å². The molecule has 0 aliphatic heterocycles. The molecule has 3 aromatic rings. The van der Waals surface area contributed by atoms with Crippen LogP contribution in [0.1, 0.15) is 30.8 Å². The third kappa shape index (κ3) is 4.40. The first kappa shape index (κ1) is 22.3. The topological polar surface area (TPSA) is 104 Å². The summed E-state index contributed by atoms with van der Waals surface area (Å²) in [5.41, 5.74) is -0.782. The van der Waals surface area contributed by atoms with Gasteiger partial charge in [0.1, 0.15) is 5.75 Å².